The van der Waals surface area contributed by atoms with Gasteiger partial charge in [-0.15, -0.1) is 14.5 Å². The molecule has 0 radical (unpaired) electrons. The molecular weight excluding hydrogens is 304 g/mol. The van der Waals surface area contributed by atoms with Crippen LogP contribution >= 0.6 is 11.6 Å². The highest BCUT2D eigenvalue weighted by Crippen LogP contribution is 2.21. The monoisotopic (exact) mass is 318 g/mol. The van der Waals surface area contributed by atoms with Crippen LogP contribution < -0.4 is 4.90 Å². The van der Waals surface area contributed by atoms with E-state index < -0.39 is 15.6 Å². The lowest BCUT2D eigenvalue weighted by Gasteiger charge is -2.36. The standard InChI is InChI=1S/C11H15ClN4O3S/c1-8(2)20(18,19)15-5-6-16(11(17)7-15)10-4-3-9(12)13-14-10/h3-4,8H,5-7H2,1-2H3. The number of carbonyl (C=O) groups is 1. The number of sulfonamides is 1. The molecule has 20 heavy (non-hydrogen) atoms. The van der Waals surface area contributed by atoms with E-state index in [9.17, 15) is 13.6 Å². The molecule has 0 spiro atoms. The second-order valence-corrected chi connectivity index (χ2v) is 7.56. The maximum atomic E-state index is 12.1. The van der Waals surface area contributed by atoms with Crippen LogP contribution in [0.2, 0.25) is 5.15 Å². The van der Waals surface area contributed by atoms with Crippen molar-refractivity contribution in [3.05, 3.63) is 17.3 Å². The summed E-state index contributed by atoms with van der Waals surface area (Å²) in [6.07, 6.45) is 0. The number of carbonyl (C=O) groups excluding carboxylic acids is 1. The van der Waals surface area contributed by atoms with Gasteiger partial charge in [-0.1, -0.05) is 15.8 Å². The van der Waals surface area contributed by atoms with Crippen LogP contribution in [0.1, 0.15) is 13.8 Å². The molecule has 7 nitrogen and oxygen atoms in total. The molecule has 1 fully saturated rings. The Hall–Kier alpha value is -1.09. The quantitative estimate of drug-likeness (QED) is 0.766. The van der Waals surface area contributed by atoms with Gasteiger partial charge in [0.15, 0.2) is 11.0 Å². The molecule has 0 N–H and O–H groups in total. The van der Waals surface area contributed by atoms with E-state index >= 15 is 0 Å². The summed E-state index contributed by atoms with van der Waals surface area (Å²) in [5.41, 5.74) is 0. The largest absolute Gasteiger partial charge is 0.597 e. The number of hydrogen-bond acceptors (Lipinski definition) is 5. The van der Waals surface area contributed by atoms with Crippen LogP contribution in [0.25, 0.3) is 0 Å². The van der Waals surface area contributed by atoms with Crippen LogP contribution in [0.5, 0.6) is 0 Å². The van der Waals surface area contributed by atoms with Crippen LogP contribution in [0.3, 0.4) is 0 Å². The van der Waals surface area contributed by atoms with E-state index in [1.807, 2.05) is 0 Å². The van der Waals surface area contributed by atoms with Crippen molar-refractivity contribution in [3.63, 3.8) is 0 Å². The predicted molar refractivity (Wildman–Crippen MR) is 74.9 cm³/mol. The van der Waals surface area contributed by atoms with Gasteiger partial charge in [-0.3, -0.25) is 9.69 Å². The average Bonchev–Trinajstić information content (AvgIpc) is 2.39. The molecule has 0 aliphatic carbocycles. The second kappa shape index (κ2) is 5.72. The fourth-order valence-electron chi connectivity index (χ4n) is 1.86. The Kier molecular flexibility index (Phi) is 4.38. The first kappa shape index (κ1) is 15.3. The number of amides is 1. The van der Waals surface area contributed by atoms with E-state index in [2.05, 4.69) is 10.2 Å². The van der Waals surface area contributed by atoms with Crippen molar-refractivity contribution in [3.8, 4) is 0 Å². The van der Waals surface area contributed by atoms with Crippen LogP contribution in [-0.2, 0) is 19.4 Å². The van der Waals surface area contributed by atoms with Gasteiger partial charge >= 0.3 is 0 Å². The van der Waals surface area contributed by atoms with Gasteiger partial charge in [-0.25, -0.2) is 0 Å². The zero-order valence-electron chi connectivity index (χ0n) is 11.2. The molecule has 1 saturated heterocycles. The van der Waals surface area contributed by atoms with Gasteiger partial charge in [0.1, 0.15) is 22.2 Å². The maximum Gasteiger partial charge on any atom is 0.247 e. The van der Waals surface area contributed by atoms with E-state index in [1.165, 1.54) is 15.3 Å². The third-order valence-electron chi connectivity index (χ3n) is 3.04. The normalized spacial score (nSPS) is 20.2. The van der Waals surface area contributed by atoms with Gasteiger partial charge in [0.2, 0.25) is 5.91 Å². The van der Waals surface area contributed by atoms with Crippen molar-refractivity contribution < 1.29 is 13.6 Å². The first-order chi connectivity index (χ1) is 9.32. The highest BCUT2D eigenvalue weighted by molar-refractivity contribution is 7.96. The minimum Gasteiger partial charge on any atom is -0.597 e. The van der Waals surface area contributed by atoms with Gasteiger partial charge in [-0.05, 0) is 26.0 Å². The number of hydrogen-bond donors (Lipinski definition) is 0. The number of nitrogens with zero attached hydrogens (tertiary/aromatic N) is 4. The number of aromatic nitrogens is 2. The summed E-state index contributed by atoms with van der Waals surface area (Å²) in [7, 11) is -3.42. The van der Waals surface area contributed by atoms with E-state index in [4.69, 9.17) is 11.6 Å². The Morgan fingerprint density at radius 2 is 2.05 bits per heavy atom. The van der Waals surface area contributed by atoms with Crippen molar-refractivity contribution in [2.24, 2.45) is 0 Å². The summed E-state index contributed by atoms with van der Waals surface area (Å²) in [6, 6.07) is 3.12. The summed E-state index contributed by atoms with van der Waals surface area (Å²) in [5.74, 6) is 0.0538. The lowest BCUT2D eigenvalue weighted by Crippen LogP contribution is -2.56. The van der Waals surface area contributed by atoms with Crippen molar-refractivity contribution in [2.45, 2.75) is 19.1 Å². The minimum atomic E-state index is -3.42. The SMILES string of the molecule is CC(C)[S+](=O)([O-])N1CCN(c2ccc(Cl)nn2)C(=O)C1. The Bertz CT molecular complexity index is 551. The van der Waals surface area contributed by atoms with Crippen LogP contribution in [-0.4, -0.2) is 49.8 Å². The van der Waals surface area contributed by atoms with Crippen molar-refractivity contribution in [2.75, 3.05) is 24.5 Å². The first-order valence-corrected chi connectivity index (χ1v) is 7.99. The van der Waals surface area contributed by atoms with Crippen LogP contribution in [0, 0.1) is 0 Å². The predicted octanol–water partition coefficient (Wildman–Crippen LogP) is 0.732. The van der Waals surface area contributed by atoms with Crippen molar-refractivity contribution in [1.29, 1.82) is 0 Å². The molecule has 0 bridgehead atoms. The Morgan fingerprint density at radius 1 is 1.35 bits per heavy atom. The van der Waals surface area contributed by atoms with Crippen molar-refractivity contribution in [1.82, 2.24) is 14.5 Å². The van der Waals surface area contributed by atoms with Gasteiger partial charge in [0.05, 0.1) is 6.54 Å². The molecular formula is C11H15ClN4O3S. The summed E-state index contributed by atoms with van der Waals surface area (Å²) in [4.78, 5) is 13.5. The topological polar surface area (TPSA) is 89.5 Å². The van der Waals surface area contributed by atoms with Crippen LogP contribution in [0.15, 0.2) is 12.1 Å². The van der Waals surface area contributed by atoms with Gasteiger partial charge in [-0.2, -0.15) is 0 Å². The molecule has 110 valence electrons. The van der Waals surface area contributed by atoms with Gasteiger partial charge in [0.25, 0.3) is 0 Å². The molecule has 0 saturated carbocycles. The van der Waals surface area contributed by atoms with Crippen LogP contribution in [0.4, 0.5) is 5.82 Å². The first-order valence-electron chi connectivity index (χ1n) is 6.11. The number of rotatable bonds is 3. The Morgan fingerprint density at radius 3 is 2.55 bits per heavy atom. The number of anilines is 1. The molecule has 1 aliphatic rings. The molecule has 2 heterocycles. The molecule has 1 unspecified atom stereocenters. The van der Waals surface area contributed by atoms with Gasteiger partial charge in [0, 0.05) is 6.54 Å². The summed E-state index contributed by atoms with van der Waals surface area (Å²) in [5, 5.41) is 7.20. The molecule has 0 aromatic carbocycles. The maximum absolute atomic E-state index is 12.1. The van der Waals surface area contributed by atoms with Gasteiger partial charge < -0.3 is 4.55 Å². The lowest BCUT2D eigenvalue weighted by molar-refractivity contribution is -0.120. The number of piperazine rings is 1. The third-order valence-corrected chi connectivity index (χ3v) is 5.46. The highest BCUT2D eigenvalue weighted by Gasteiger charge is 2.38. The second-order valence-electron chi connectivity index (χ2n) is 4.69. The fraction of sp³-hybridized carbons (Fsp3) is 0.545. The van der Waals surface area contributed by atoms with Crippen molar-refractivity contribution >= 4 is 33.7 Å². The Labute approximate surface area is 123 Å². The Balaban J connectivity index is 2.12. The zero-order valence-corrected chi connectivity index (χ0v) is 12.7. The van der Waals surface area contributed by atoms with E-state index in [0.717, 1.165) is 0 Å². The van der Waals surface area contributed by atoms with E-state index in [-0.39, 0.29) is 30.7 Å². The molecule has 1 aromatic heterocycles. The molecule has 1 amide bonds. The summed E-state index contributed by atoms with van der Waals surface area (Å²) in [6.45, 7) is 3.51. The molecule has 1 atom stereocenters. The van der Waals surface area contributed by atoms with E-state index in [0.29, 0.717) is 5.82 Å². The zero-order chi connectivity index (χ0) is 14.9. The molecule has 1 aromatic rings. The lowest BCUT2D eigenvalue weighted by atomic mass is 10.3. The third kappa shape index (κ3) is 2.98. The highest BCUT2D eigenvalue weighted by atomic mass is 35.5. The number of halogens is 1. The summed E-state index contributed by atoms with van der Waals surface area (Å²) >= 11 is 5.64. The summed E-state index contributed by atoms with van der Waals surface area (Å²) < 4.78 is 25.3. The smallest absolute Gasteiger partial charge is 0.247 e. The molecule has 2 rings (SSSR count). The molecule has 1 aliphatic heterocycles. The average molecular weight is 319 g/mol. The fourth-order valence-corrected chi connectivity index (χ4v) is 3.19. The van der Waals surface area contributed by atoms with E-state index in [1.54, 1.807) is 19.9 Å². The minimum absolute atomic E-state index is 0.176. The molecule has 9 heteroatoms.